The number of methoxy groups -OCH3 is 2. The number of esters is 4. The molecule has 0 unspecified atom stereocenters. The highest BCUT2D eigenvalue weighted by Crippen LogP contribution is 2.56. The van der Waals surface area contributed by atoms with Crippen LogP contribution < -0.4 is 0 Å². The fourth-order valence-corrected chi connectivity index (χ4v) is 3.97. The molecule has 2 bridgehead atoms. The molecular formula is C18H14O8. The summed E-state index contributed by atoms with van der Waals surface area (Å²) in [6.07, 6.45) is -2.22. The van der Waals surface area contributed by atoms with Crippen molar-refractivity contribution in [3.63, 3.8) is 0 Å². The van der Waals surface area contributed by atoms with E-state index in [4.69, 9.17) is 18.9 Å². The predicted molar refractivity (Wildman–Crippen MR) is 83.2 cm³/mol. The number of hydrogen-bond acceptors (Lipinski definition) is 8. The third-order valence-electron chi connectivity index (χ3n) is 5.07. The van der Waals surface area contributed by atoms with E-state index in [0.29, 0.717) is 11.1 Å². The van der Waals surface area contributed by atoms with Gasteiger partial charge in [0.15, 0.2) is 5.41 Å². The zero-order valence-corrected chi connectivity index (χ0v) is 13.9. The van der Waals surface area contributed by atoms with Crippen molar-refractivity contribution in [2.75, 3.05) is 14.2 Å². The maximum atomic E-state index is 12.6. The first-order valence-corrected chi connectivity index (χ1v) is 7.88. The summed E-state index contributed by atoms with van der Waals surface area (Å²) in [5.74, 6) is -3.26. The van der Waals surface area contributed by atoms with Gasteiger partial charge in [-0.3, -0.25) is 9.59 Å². The molecule has 0 N–H and O–H groups in total. The van der Waals surface area contributed by atoms with Crippen molar-refractivity contribution in [3.05, 3.63) is 41.0 Å². The number of carbonyl (C=O) groups excluding carboxylic acids is 4. The number of fused-ring (bicyclic) bond motifs is 6. The van der Waals surface area contributed by atoms with Gasteiger partial charge in [0.05, 0.1) is 31.5 Å². The van der Waals surface area contributed by atoms with E-state index in [9.17, 15) is 19.2 Å². The Morgan fingerprint density at radius 1 is 1.08 bits per heavy atom. The minimum absolute atomic E-state index is 0.0135. The van der Waals surface area contributed by atoms with Gasteiger partial charge in [0.1, 0.15) is 6.10 Å². The Morgan fingerprint density at radius 2 is 1.73 bits per heavy atom. The van der Waals surface area contributed by atoms with Crippen molar-refractivity contribution >= 4 is 29.5 Å². The highest BCUT2D eigenvalue weighted by atomic mass is 16.6. The molecule has 3 aliphatic heterocycles. The Hall–Kier alpha value is -3.00. The van der Waals surface area contributed by atoms with Gasteiger partial charge in [-0.1, -0.05) is 24.3 Å². The quantitative estimate of drug-likeness (QED) is 0.432. The largest absolute Gasteiger partial charge is 0.468 e. The average Bonchev–Trinajstić information content (AvgIpc) is 3.12. The number of hydrogen-bond donors (Lipinski definition) is 0. The molecule has 134 valence electrons. The molecule has 3 heterocycles. The highest BCUT2D eigenvalue weighted by Gasteiger charge is 2.65. The minimum atomic E-state index is -1.78. The van der Waals surface area contributed by atoms with Gasteiger partial charge in [0.25, 0.3) is 0 Å². The normalized spacial score (nSPS) is 25.2. The van der Waals surface area contributed by atoms with Crippen LogP contribution >= 0.6 is 0 Å². The van der Waals surface area contributed by atoms with Gasteiger partial charge in [-0.15, -0.1) is 0 Å². The van der Waals surface area contributed by atoms with Gasteiger partial charge in [-0.25, -0.2) is 9.59 Å². The topological polar surface area (TPSA) is 105 Å². The summed E-state index contributed by atoms with van der Waals surface area (Å²) in [5, 5.41) is 0. The molecule has 26 heavy (non-hydrogen) atoms. The molecule has 3 aliphatic rings. The molecule has 1 fully saturated rings. The molecular weight excluding hydrogens is 344 g/mol. The van der Waals surface area contributed by atoms with Gasteiger partial charge >= 0.3 is 23.9 Å². The van der Waals surface area contributed by atoms with Gasteiger partial charge in [0.2, 0.25) is 0 Å². The third kappa shape index (κ3) is 1.87. The van der Waals surface area contributed by atoms with Crippen LogP contribution in [0.5, 0.6) is 0 Å². The summed E-state index contributed by atoms with van der Waals surface area (Å²) in [7, 11) is 2.32. The van der Waals surface area contributed by atoms with Crippen molar-refractivity contribution in [1.29, 1.82) is 0 Å². The Kier molecular flexibility index (Phi) is 3.48. The Labute approximate surface area is 147 Å². The molecule has 0 amide bonds. The SMILES string of the molecule is COC(=O)C1(C(=O)OC)C[C@@H]2O[C@H]1c1ccccc1C1=C2C(=O)OC1=O. The van der Waals surface area contributed by atoms with E-state index >= 15 is 0 Å². The maximum Gasteiger partial charge on any atom is 0.347 e. The first-order valence-electron chi connectivity index (χ1n) is 7.88. The van der Waals surface area contributed by atoms with Gasteiger partial charge < -0.3 is 18.9 Å². The van der Waals surface area contributed by atoms with Crippen LogP contribution in [0.4, 0.5) is 0 Å². The lowest BCUT2D eigenvalue weighted by Crippen LogP contribution is -2.44. The summed E-state index contributed by atoms with van der Waals surface area (Å²) in [6, 6.07) is 6.61. The Bertz CT molecular complexity index is 880. The summed E-state index contributed by atoms with van der Waals surface area (Å²) >= 11 is 0. The van der Waals surface area contributed by atoms with Crippen LogP contribution in [0.2, 0.25) is 0 Å². The molecule has 1 aromatic rings. The van der Waals surface area contributed by atoms with E-state index in [1.807, 2.05) is 0 Å². The van der Waals surface area contributed by atoms with Crippen LogP contribution in [0, 0.1) is 5.41 Å². The fourth-order valence-electron chi connectivity index (χ4n) is 3.97. The van der Waals surface area contributed by atoms with E-state index in [2.05, 4.69) is 0 Å². The van der Waals surface area contributed by atoms with E-state index in [0.717, 1.165) is 14.2 Å². The second-order valence-electron chi connectivity index (χ2n) is 6.22. The van der Waals surface area contributed by atoms with Gasteiger partial charge in [-0.05, 0) is 11.1 Å². The molecule has 0 aliphatic carbocycles. The molecule has 1 saturated heterocycles. The molecule has 0 saturated carbocycles. The maximum absolute atomic E-state index is 12.6. The van der Waals surface area contributed by atoms with Crippen molar-refractivity contribution < 1.29 is 38.1 Å². The summed E-state index contributed by atoms with van der Waals surface area (Å²) < 4.78 is 20.4. The molecule has 8 heteroatoms. The number of rotatable bonds is 2. The zero-order valence-electron chi connectivity index (χ0n) is 13.9. The molecule has 0 radical (unpaired) electrons. The van der Waals surface area contributed by atoms with E-state index in [-0.39, 0.29) is 17.6 Å². The van der Waals surface area contributed by atoms with E-state index < -0.39 is 41.5 Å². The molecule has 4 rings (SSSR count). The van der Waals surface area contributed by atoms with E-state index in [1.54, 1.807) is 24.3 Å². The summed E-state index contributed by atoms with van der Waals surface area (Å²) in [4.78, 5) is 49.7. The van der Waals surface area contributed by atoms with Crippen molar-refractivity contribution in [2.45, 2.75) is 18.6 Å². The monoisotopic (exact) mass is 358 g/mol. The van der Waals surface area contributed by atoms with Crippen LogP contribution in [0.3, 0.4) is 0 Å². The summed E-state index contributed by atoms with van der Waals surface area (Å²) in [5.41, 5.74) is -0.847. The lowest BCUT2D eigenvalue weighted by atomic mass is 9.72. The molecule has 1 aromatic carbocycles. The lowest BCUT2D eigenvalue weighted by molar-refractivity contribution is -0.173. The highest BCUT2D eigenvalue weighted by molar-refractivity contribution is 6.31. The number of ether oxygens (including phenoxy) is 4. The van der Waals surface area contributed by atoms with E-state index in [1.165, 1.54) is 0 Å². The van der Waals surface area contributed by atoms with Crippen LogP contribution in [0.25, 0.3) is 5.57 Å². The summed E-state index contributed by atoms with van der Waals surface area (Å²) in [6.45, 7) is 0. The molecule has 2 atom stereocenters. The van der Waals surface area contributed by atoms with Gasteiger partial charge in [-0.2, -0.15) is 0 Å². The second-order valence-corrected chi connectivity index (χ2v) is 6.22. The van der Waals surface area contributed by atoms with Crippen LogP contribution in [-0.4, -0.2) is 44.2 Å². The van der Waals surface area contributed by atoms with Crippen LogP contribution in [-0.2, 0) is 38.1 Å². The zero-order chi connectivity index (χ0) is 18.6. The van der Waals surface area contributed by atoms with Crippen LogP contribution in [0.15, 0.2) is 29.8 Å². The van der Waals surface area contributed by atoms with Crippen molar-refractivity contribution in [3.8, 4) is 0 Å². The lowest BCUT2D eigenvalue weighted by Gasteiger charge is -2.29. The third-order valence-corrected chi connectivity index (χ3v) is 5.07. The first kappa shape index (κ1) is 16.5. The van der Waals surface area contributed by atoms with Crippen molar-refractivity contribution in [2.24, 2.45) is 5.41 Å². The smallest absolute Gasteiger partial charge is 0.347 e. The van der Waals surface area contributed by atoms with Crippen LogP contribution in [0.1, 0.15) is 23.7 Å². The fraction of sp³-hybridized carbons (Fsp3) is 0.333. The number of carbonyl (C=O) groups is 4. The minimum Gasteiger partial charge on any atom is -0.468 e. The average molecular weight is 358 g/mol. The standard InChI is InChI=1S/C18H14O8/c1-23-16(21)18(17(22)24-2)7-10-12-11(14(19)26-15(12)20)8-5-3-4-6-9(8)13(18)25-10/h3-6,10,13H,7H2,1-2H3/t10-,13-/m0/s1. The number of benzene rings is 1. The Morgan fingerprint density at radius 3 is 2.38 bits per heavy atom. The number of cyclic esters (lactones) is 2. The molecule has 8 nitrogen and oxygen atoms in total. The van der Waals surface area contributed by atoms with Crippen molar-refractivity contribution in [1.82, 2.24) is 0 Å². The molecule has 0 spiro atoms. The molecule has 0 aromatic heterocycles. The second kappa shape index (κ2) is 5.50. The predicted octanol–water partition coefficient (Wildman–Crippen LogP) is 0.700. The first-order chi connectivity index (χ1) is 12.5. The Balaban J connectivity index is 2.01. The van der Waals surface area contributed by atoms with Gasteiger partial charge in [0, 0.05) is 6.42 Å².